The van der Waals surface area contributed by atoms with Crippen LogP contribution < -0.4 is 26.3 Å². The highest BCUT2D eigenvalue weighted by Crippen LogP contribution is 2.26. The molecule has 6 heteroatoms. The van der Waals surface area contributed by atoms with Crippen molar-refractivity contribution < 1.29 is 0 Å². The molecule has 0 amide bonds. The Bertz CT molecular complexity index is 1010. The number of nitrogens with two attached hydrogens (primary N) is 1. The van der Waals surface area contributed by atoms with Crippen LogP contribution in [-0.2, 0) is 0 Å². The van der Waals surface area contributed by atoms with Crippen molar-refractivity contribution in [3.05, 3.63) is 85.1 Å². The maximum atomic E-state index is 5.73. The van der Waals surface area contributed by atoms with Gasteiger partial charge in [-0.2, -0.15) is 5.10 Å². The number of hydrogen-bond donors (Lipinski definition) is 3. The molecule has 4 N–H and O–H groups in total. The van der Waals surface area contributed by atoms with E-state index in [1.54, 1.807) is 6.21 Å². The Labute approximate surface area is 178 Å². The molecule has 0 radical (unpaired) electrons. The summed E-state index contributed by atoms with van der Waals surface area (Å²) in [6, 6.07) is 23.8. The van der Waals surface area contributed by atoms with E-state index in [1.165, 1.54) is 0 Å². The van der Waals surface area contributed by atoms with Gasteiger partial charge in [-0.3, -0.25) is 5.01 Å². The molecular formula is C24H28N6. The monoisotopic (exact) mass is 400 g/mol. The van der Waals surface area contributed by atoms with Crippen molar-refractivity contribution in [3.8, 4) is 0 Å². The number of para-hydroxylation sites is 2. The smallest absolute Gasteiger partial charge is 0.0705 e. The van der Waals surface area contributed by atoms with Crippen molar-refractivity contribution in [1.29, 1.82) is 0 Å². The van der Waals surface area contributed by atoms with Crippen LogP contribution in [0.3, 0.4) is 0 Å². The molecule has 3 aromatic carbocycles. The lowest BCUT2D eigenvalue weighted by atomic mass is 10.2. The maximum absolute atomic E-state index is 5.73. The third-order valence-corrected chi connectivity index (χ3v) is 4.79. The van der Waals surface area contributed by atoms with Crippen molar-refractivity contribution >= 4 is 40.3 Å². The highest BCUT2D eigenvalue weighted by atomic mass is 15.4. The van der Waals surface area contributed by atoms with E-state index in [4.69, 9.17) is 5.73 Å². The van der Waals surface area contributed by atoms with Crippen molar-refractivity contribution in [2.45, 2.75) is 0 Å². The van der Waals surface area contributed by atoms with E-state index in [0.717, 1.165) is 39.8 Å². The minimum absolute atomic E-state index is 0.747. The zero-order chi connectivity index (χ0) is 21.5. The summed E-state index contributed by atoms with van der Waals surface area (Å²) in [5.74, 6) is 0. The molecule has 30 heavy (non-hydrogen) atoms. The first-order valence-electron chi connectivity index (χ1n) is 9.67. The summed E-state index contributed by atoms with van der Waals surface area (Å²) >= 11 is 0. The Balaban J connectivity index is 1.63. The number of allylic oxidation sites excluding steroid dienone is 1. The first-order valence-corrected chi connectivity index (χ1v) is 9.67. The Morgan fingerprint density at radius 1 is 0.933 bits per heavy atom. The highest BCUT2D eigenvalue weighted by molar-refractivity contribution is 5.86. The summed E-state index contributed by atoms with van der Waals surface area (Å²) < 4.78 is 0. The third-order valence-electron chi connectivity index (χ3n) is 4.79. The third kappa shape index (κ3) is 5.11. The van der Waals surface area contributed by atoms with Gasteiger partial charge >= 0.3 is 0 Å². The zero-order valence-corrected chi connectivity index (χ0v) is 17.6. The fourth-order valence-electron chi connectivity index (χ4n) is 2.93. The molecule has 0 unspecified atom stereocenters. The number of benzene rings is 3. The number of nitrogen functional groups attached to an aromatic ring is 1. The largest absolute Gasteiger partial charge is 0.399 e. The van der Waals surface area contributed by atoms with E-state index >= 15 is 0 Å². The minimum atomic E-state index is 0.747. The fourth-order valence-corrected chi connectivity index (χ4v) is 2.93. The second-order valence-electron chi connectivity index (χ2n) is 6.88. The fraction of sp³-hybridized carbons (Fsp3) is 0.125. The van der Waals surface area contributed by atoms with E-state index in [0.29, 0.717) is 0 Å². The van der Waals surface area contributed by atoms with Crippen LogP contribution in [0.2, 0.25) is 0 Å². The summed E-state index contributed by atoms with van der Waals surface area (Å²) in [6.45, 7) is 4.14. The molecule has 0 aliphatic carbocycles. The van der Waals surface area contributed by atoms with Gasteiger partial charge < -0.3 is 21.3 Å². The van der Waals surface area contributed by atoms with Gasteiger partial charge in [-0.15, -0.1) is 0 Å². The Hall–Kier alpha value is -3.93. The first-order chi connectivity index (χ1) is 14.5. The van der Waals surface area contributed by atoms with Crippen LogP contribution in [0.1, 0.15) is 0 Å². The quantitative estimate of drug-likeness (QED) is 0.278. The summed E-state index contributed by atoms with van der Waals surface area (Å²) in [5, 5.41) is 12.9. The lowest BCUT2D eigenvalue weighted by Gasteiger charge is -2.22. The molecule has 154 valence electrons. The van der Waals surface area contributed by atoms with E-state index in [2.05, 4.69) is 22.3 Å². The SMILES string of the molecule is C=C(/C=N/N(C)c1ccc(Nc2ccc(N)cc2)cc1)N(C)c1ccccc1NC. The van der Waals surface area contributed by atoms with Crippen LogP contribution in [0.5, 0.6) is 0 Å². The van der Waals surface area contributed by atoms with Gasteiger partial charge in [0.15, 0.2) is 0 Å². The molecule has 0 heterocycles. The van der Waals surface area contributed by atoms with Gasteiger partial charge in [0, 0.05) is 38.2 Å². The summed E-state index contributed by atoms with van der Waals surface area (Å²) in [5.41, 5.74) is 12.3. The molecule has 0 spiro atoms. The van der Waals surface area contributed by atoms with Crippen molar-refractivity contribution in [2.24, 2.45) is 5.10 Å². The normalized spacial score (nSPS) is 10.6. The van der Waals surface area contributed by atoms with Crippen LogP contribution in [0, 0.1) is 0 Å². The molecule has 0 aromatic heterocycles. The molecule has 6 nitrogen and oxygen atoms in total. The predicted molar refractivity (Wildman–Crippen MR) is 131 cm³/mol. The van der Waals surface area contributed by atoms with Crippen LogP contribution >= 0.6 is 0 Å². The maximum Gasteiger partial charge on any atom is 0.0705 e. The van der Waals surface area contributed by atoms with Gasteiger partial charge in [0.05, 0.1) is 29.0 Å². The Kier molecular flexibility index (Phi) is 6.60. The van der Waals surface area contributed by atoms with Gasteiger partial charge in [-0.1, -0.05) is 18.7 Å². The molecular weight excluding hydrogens is 372 g/mol. The van der Waals surface area contributed by atoms with Crippen LogP contribution in [0.25, 0.3) is 0 Å². The van der Waals surface area contributed by atoms with E-state index in [-0.39, 0.29) is 0 Å². The van der Waals surface area contributed by atoms with Gasteiger partial charge in [-0.05, 0) is 60.7 Å². The number of nitrogens with zero attached hydrogens (tertiary/aromatic N) is 3. The van der Waals surface area contributed by atoms with Crippen molar-refractivity contribution in [1.82, 2.24) is 0 Å². The topological polar surface area (TPSA) is 68.9 Å². The van der Waals surface area contributed by atoms with Crippen LogP contribution in [0.4, 0.5) is 34.1 Å². The van der Waals surface area contributed by atoms with Crippen molar-refractivity contribution in [3.63, 3.8) is 0 Å². The second kappa shape index (κ2) is 9.52. The van der Waals surface area contributed by atoms with E-state index in [1.807, 2.05) is 104 Å². The molecule has 0 aliphatic rings. The van der Waals surface area contributed by atoms with E-state index < -0.39 is 0 Å². The average molecular weight is 401 g/mol. The first kappa shape index (κ1) is 20.8. The molecule has 3 aromatic rings. The van der Waals surface area contributed by atoms with Gasteiger partial charge in [-0.25, -0.2) is 0 Å². The highest BCUT2D eigenvalue weighted by Gasteiger charge is 2.08. The Morgan fingerprint density at radius 2 is 1.53 bits per heavy atom. The van der Waals surface area contributed by atoms with Crippen LogP contribution in [0.15, 0.2) is 90.2 Å². The number of rotatable bonds is 8. The lowest BCUT2D eigenvalue weighted by Crippen LogP contribution is -2.19. The lowest BCUT2D eigenvalue weighted by molar-refractivity contribution is 1.02. The van der Waals surface area contributed by atoms with Crippen molar-refractivity contribution in [2.75, 3.05) is 47.4 Å². The zero-order valence-electron chi connectivity index (χ0n) is 17.6. The molecule has 0 saturated carbocycles. The molecule has 0 aliphatic heterocycles. The number of hydrazone groups is 1. The average Bonchev–Trinajstić information content (AvgIpc) is 2.78. The molecule has 0 atom stereocenters. The summed E-state index contributed by atoms with van der Waals surface area (Å²) in [6.07, 6.45) is 1.76. The van der Waals surface area contributed by atoms with Gasteiger partial charge in [0.2, 0.25) is 0 Å². The summed E-state index contributed by atoms with van der Waals surface area (Å²) in [4.78, 5) is 2.00. The minimum Gasteiger partial charge on any atom is -0.399 e. The molecule has 0 fully saturated rings. The van der Waals surface area contributed by atoms with Gasteiger partial charge in [0.25, 0.3) is 0 Å². The van der Waals surface area contributed by atoms with Gasteiger partial charge in [0.1, 0.15) is 0 Å². The Morgan fingerprint density at radius 3 is 2.17 bits per heavy atom. The molecule has 0 saturated heterocycles. The number of nitrogens with one attached hydrogen (secondary N) is 2. The standard InChI is InChI=1S/C24H28N6/c1-18(29(3)24-8-6-5-7-23(24)26-2)17-27-30(4)22-15-13-21(14-16-22)28-20-11-9-19(25)10-12-20/h5-17,26,28H,1,25H2,2-4H3/b27-17+. The number of anilines is 6. The second-order valence-corrected chi connectivity index (χ2v) is 6.88. The molecule has 3 rings (SSSR count). The summed E-state index contributed by atoms with van der Waals surface area (Å²) in [7, 11) is 5.79. The molecule has 0 bridgehead atoms. The number of hydrogen-bond acceptors (Lipinski definition) is 6. The van der Waals surface area contributed by atoms with Crippen LogP contribution in [-0.4, -0.2) is 27.4 Å². The van der Waals surface area contributed by atoms with E-state index in [9.17, 15) is 0 Å². The predicted octanol–water partition coefficient (Wildman–Crippen LogP) is 5.13.